The highest BCUT2D eigenvalue weighted by molar-refractivity contribution is 7.92. The molecule has 0 fully saturated rings. The van der Waals surface area contributed by atoms with Crippen molar-refractivity contribution in [2.24, 2.45) is 0 Å². The summed E-state index contributed by atoms with van der Waals surface area (Å²) in [6.07, 6.45) is 2.07. The number of nitrogens with one attached hydrogen (secondary N) is 2. The first kappa shape index (κ1) is 15.4. The van der Waals surface area contributed by atoms with E-state index in [0.717, 1.165) is 30.6 Å². The van der Waals surface area contributed by atoms with E-state index >= 15 is 0 Å². The van der Waals surface area contributed by atoms with E-state index in [0.29, 0.717) is 12.2 Å². The normalized spacial score (nSPS) is 11.3. The molecule has 0 atom stereocenters. The number of para-hydroxylation sites is 1. The first-order chi connectivity index (χ1) is 10.0. The molecule has 2 N–H and O–H groups in total. The lowest BCUT2D eigenvalue weighted by Gasteiger charge is -2.12. The maximum Gasteiger partial charge on any atom is 0.263 e. The second kappa shape index (κ2) is 6.64. The molecule has 0 bridgehead atoms. The number of halogens is 1. The van der Waals surface area contributed by atoms with Crippen LogP contribution in [0.15, 0.2) is 47.6 Å². The predicted octanol–water partition coefficient (Wildman–Crippen LogP) is 2.13. The Balaban J connectivity index is 2.29. The van der Waals surface area contributed by atoms with Crippen molar-refractivity contribution >= 4 is 15.7 Å². The molecular weight excluding hydrogens is 293 g/mol. The monoisotopic (exact) mass is 309 g/mol. The van der Waals surface area contributed by atoms with E-state index in [-0.39, 0.29) is 4.90 Å². The molecule has 5 nitrogen and oxygen atoms in total. The van der Waals surface area contributed by atoms with Gasteiger partial charge in [-0.2, -0.15) is 0 Å². The number of aromatic nitrogens is 1. The largest absolute Gasteiger partial charge is 0.313 e. The third-order valence-electron chi connectivity index (χ3n) is 2.82. The van der Waals surface area contributed by atoms with Crippen LogP contribution in [0, 0.1) is 5.82 Å². The molecule has 0 unspecified atom stereocenters. The lowest BCUT2D eigenvalue weighted by atomic mass is 10.2. The minimum Gasteiger partial charge on any atom is -0.313 e. The van der Waals surface area contributed by atoms with Gasteiger partial charge in [0, 0.05) is 12.7 Å². The quantitative estimate of drug-likeness (QED) is 0.857. The maximum absolute atomic E-state index is 13.1. The number of hydrogen-bond donors (Lipinski definition) is 2. The van der Waals surface area contributed by atoms with Crippen molar-refractivity contribution in [3.05, 3.63) is 54.1 Å². The van der Waals surface area contributed by atoms with Crippen LogP contribution in [0.25, 0.3) is 0 Å². The van der Waals surface area contributed by atoms with E-state index in [1.165, 1.54) is 0 Å². The minimum atomic E-state index is -3.86. The number of benzene rings is 1. The molecule has 0 aliphatic rings. The molecule has 112 valence electrons. The van der Waals surface area contributed by atoms with Crippen LogP contribution < -0.4 is 10.0 Å². The summed E-state index contributed by atoms with van der Waals surface area (Å²) < 4.78 is 40.1. The molecule has 0 spiro atoms. The standard InChI is InChI=1S/C14H16FN3O2S/c1-2-16-8-11-5-3-4-6-14(11)18-21(19,20)13-7-12(15)9-17-10-13/h3-7,9-10,16,18H,2,8H2,1H3. The first-order valence-electron chi connectivity index (χ1n) is 6.45. The van der Waals surface area contributed by atoms with Crippen molar-refractivity contribution in [3.8, 4) is 0 Å². The highest BCUT2D eigenvalue weighted by atomic mass is 32.2. The Morgan fingerprint density at radius 3 is 2.71 bits per heavy atom. The zero-order valence-electron chi connectivity index (χ0n) is 11.5. The van der Waals surface area contributed by atoms with Gasteiger partial charge in [-0.1, -0.05) is 25.1 Å². The summed E-state index contributed by atoms with van der Waals surface area (Å²) in [4.78, 5) is 3.35. The third kappa shape index (κ3) is 3.99. The van der Waals surface area contributed by atoms with Gasteiger partial charge < -0.3 is 5.32 Å². The van der Waals surface area contributed by atoms with Crippen molar-refractivity contribution in [1.82, 2.24) is 10.3 Å². The van der Waals surface area contributed by atoms with Crippen LogP contribution in [0.3, 0.4) is 0 Å². The van der Waals surface area contributed by atoms with Crippen LogP contribution in [-0.2, 0) is 16.6 Å². The summed E-state index contributed by atoms with van der Waals surface area (Å²) in [7, 11) is -3.86. The maximum atomic E-state index is 13.1. The number of anilines is 1. The van der Waals surface area contributed by atoms with Gasteiger partial charge in [0.05, 0.1) is 11.9 Å². The molecule has 7 heteroatoms. The lowest BCUT2D eigenvalue weighted by Crippen LogP contribution is -2.17. The van der Waals surface area contributed by atoms with Crippen molar-refractivity contribution in [1.29, 1.82) is 0 Å². The van der Waals surface area contributed by atoms with Crippen LogP contribution in [0.1, 0.15) is 12.5 Å². The van der Waals surface area contributed by atoms with Gasteiger partial charge in [0.2, 0.25) is 0 Å². The molecule has 21 heavy (non-hydrogen) atoms. The van der Waals surface area contributed by atoms with Crippen molar-refractivity contribution in [2.45, 2.75) is 18.4 Å². The fraction of sp³-hybridized carbons (Fsp3) is 0.214. The summed E-state index contributed by atoms with van der Waals surface area (Å²) in [5, 5.41) is 3.13. The van der Waals surface area contributed by atoms with Crippen LogP contribution >= 0.6 is 0 Å². The van der Waals surface area contributed by atoms with E-state index in [1.807, 2.05) is 19.1 Å². The summed E-state index contributed by atoms with van der Waals surface area (Å²) >= 11 is 0. The van der Waals surface area contributed by atoms with E-state index < -0.39 is 15.8 Å². The molecule has 1 aromatic carbocycles. The lowest BCUT2D eigenvalue weighted by molar-refractivity contribution is 0.592. The second-order valence-electron chi connectivity index (χ2n) is 4.38. The highest BCUT2D eigenvalue weighted by Gasteiger charge is 2.16. The zero-order chi connectivity index (χ0) is 15.3. The Morgan fingerprint density at radius 2 is 2.00 bits per heavy atom. The van der Waals surface area contributed by atoms with Crippen molar-refractivity contribution in [2.75, 3.05) is 11.3 Å². The van der Waals surface area contributed by atoms with Gasteiger partial charge in [0.25, 0.3) is 10.0 Å². The molecule has 1 heterocycles. The molecule has 2 rings (SSSR count). The molecule has 0 saturated carbocycles. The molecule has 2 aromatic rings. The van der Waals surface area contributed by atoms with Crippen LogP contribution in [-0.4, -0.2) is 19.9 Å². The smallest absolute Gasteiger partial charge is 0.263 e. The molecule has 1 aromatic heterocycles. The summed E-state index contributed by atoms with van der Waals surface area (Å²) in [6.45, 7) is 3.27. The van der Waals surface area contributed by atoms with E-state index in [9.17, 15) is 12.8 Å². The van der Waals surface area contributed by atoms with Gasteiger partial charge >= 0.3 is 0 Å². The number of hydrogen-bond acceptors (Lipinski definition) is 4. The fourth-order valence-electron chi connectivity index (χ4n) is 1.78. The highest BCUT2D eigenvalue weighted by Crippen LogP contribution is 2.20. The van der Waals surface area contributed by atoms with Gasteiger partial charge in [0.1, 0.15) is 10.7 Å². The van der Waals surface area contributed by atoms with Crippen LogP contribution in [0.4, 0.5) is 10.1 Å². The van der Waals surface area contributed by atoms with Gasteiger partial charge in [-0.25, -0.2) is 12.8 Å². The van der Waals surface area contributed by atoms with Crippen molar-refractivity contribution in [3.63, 3.8) is 0 Å². The Morgan fingerprint density at radius 1 is 1.24 bits per heavy atom. The molecular formula is C14H16FN3O2S. The second-order valence-corrected chi connectivity index (χ2v) is 6.06. The van der Waals surface area contributed by atoms with Gasteiger partial charge in [-0.05, 0) is 24.2 Å². The SMILES string of the molecule is CCNCc1ccccc1NS(=O)(=O)c1cncc(F)c1. The van der Waals surface area contributed by atoms with E-state index in [4.69, 9.17) is 0 Å². The Hall–Kier alpha value is -1.99. The number of rotatable bonds is 6. The minimum absolute atomic E-state index is 0.208. The molecule has 0 amide bonds. The summed E-state index contributed by atoms with van der Waals surface area (Å²) in [5.74, 6) is -0.696. The van der Waals surface area contributed by atoms with Crippen LogP contribution in [0.5, 0.6) is 0 Å². The van der Waals surface area contributed by atoms with Crippen LogP contribution in [0.2, 0.25) is 0 Å². The number of pyridine rings is 1. The Bertz CT molecular complexity index is 720. The topological polar surface area (TPSA) is 71.1 Å². The Kier molecular flexibility index (Phi) is 4.87. The van der Waals surface area contributed by atoms with Crippen molar-refractivity contribution < 1.29 is 12.8 Å². The van der Waals surface area contributed by atoms with Gasteiger partial charge in [-0.3, -0.25) is 9.71 Å². The molecule has 0 aliphatic carbocycles. The Labute approximate surface area is 123 Å². The van der Waals surface area contributed by atoms with Gasteiger partial charge in [-0.15, -0.1) is 0 Å². The van der Waals surface area contributed by atoms with E-state index in [2.05, 4.69) is 15.0 Å². The predicted molar refractivity (Wildman–Crippen MR) is 78.8 cm³/mol. The average Bonchev–Trinajstić information content (AvgIpc) is 2.46. The summed E-state index contributed by atoms with van der Waals surface area (Å²) in [5.41, 5.74) is 1.27. The zero-order valence-corrected chi connectivity index (χ0v) is 12.3. The average molecular weight is 309 g/mol. The fourth-order valence-corrected chi connectivity index (χ4v) is 2.85. The molecule has 0 aliphatic heterocycles. The van der Waals surface area contributed by atoms with E-state index in [1.54, 1.807) is 12.1 Å². The molecule has 0 saturated heterocycles. The number of nitrogens with zero attached hydrogens (tertiary/aromatic N) is 1. The van der Waals surface area contributed by atoms with Gasteiger partial charge in [0.15, 0.2) is 0 Å². The number of sulfonamides is 1. The first-order valence-corrected chi connectivity index (χ1v) is 7.93. The molecule has 0 radical (unpaired) electrons. The summed E-state index contributed by atoms with van der Waals surface area (Å²) in [6, 6.07) is 7.98. The third-order valence-corrected chi connectivity index (χ3v) is 4.15.